The van der Waals surface area contributed by atoms with Crippen LogP contribution in [0.1, 0.15) is 18.4 Å². The Morgan fingerprint density at radius 1 is 0.882 bits per heavy atom. The van der Waals surface area contributed by atoms with Crippen LogP contribution in [0.5, 0.6) is 0 Å². The molecular weight excluding hydrogens is 444 g/mol. The molecule has 0 N–H and O–H groups in total. The van der Waals surface area contributed by atoms with Gasteiger partial charge in [0.25, 0.3) is 0 Å². The van der Waals surface area contributed by atoms with Crippen molar-refractivity contribution in [3.63, 3.8) is 0 Å². The Balaban J connectivity index is 1.16. The second-order valence-corrected chi connectivity index (χ2v) is 10.0. The summed E-state index contributed by atoms with van der Waals surface area (Å²) in [4.78, 5) is 25.4. The highest BCUT2D eigenvalue weighted by atomic mass is 32.2. The zero-order chi connectivity index (χ0) is 23.3. The molecule has 2 aromatic heterocycles. The van der Waals surface area contributed by atoms with Gasteiger partial charge in [0.1, 0.15) is 10.8 Å². The molecule has 0 saturated carbocycles. The van der Waals surface area contributed by atoms with Gasteiger partial charge in [-0.15, -0.1) is 10.2 Å². The molecule has 0 aliphatic carbocycles. The predicted molar refractivity (Wildman–Crippen MR) is 135 cm³/mol. The van der Waals surface area contributed by atoms with Crippen molar-refractivity contribution < 1.29 is 4.79 Å². The quantitative estimate of drug-likeness (QED) is 0.556. The molecule has 0 bridgehead atoms. The Kier molecular flexibility index (Phi) is 6.94. The average molecular weight is 475 g/mol. The van der Waals surface area contributed by atoms with Gasteiger partial charge in [0.15, 0.2) is 5.82 Å². The van der Waals surface area contributed by atoms with Crippen molar-refractivity contribution in [2.24, 2.45) is 5.92 Å². The summed E-state index contributed by atoms with van der Waals surface area (Å²) in [5.74, 6) is 2.12. The molecule has 0 radical (unpaired) electrons. The van der Waals surface area contributed by atoms with Crippen molar-refractivity contribution in [1.29, 1.82) is 0 Å². The van der Waals surface area contributed by atoms with E-state index in [1.807, 2.05) is 41.4 Å². The molecule has 4 heterocycles. The van der Waals surface area contributed by atoms with Crippen molar-refractivity contribution in [3.05, 3.63) is 66.4 Å². The van der Waals surface area contributed by atoms with E-state index in [0.717, 1.165) is 67.1 Å². The van der Waals surface area contributed by atoms with E-state index in [1.54, 1.807) is 11.8 Å². The average Bonchev–Trinajstić information content (AvgIpc) is 2.91. The van der Waals surface area contributed by atoms with Crippen molar-refractivity contribution in [2.75, 3.05) is 49.1 Å². The fraction of sp³-hybridized carbons (Fsp3) is 0.385. The lowest BCUT2D eigenvalue weighted by molar-refractivity contribution is -0.136. The van der Waals surface area contributed by atoms with Crippen molar-refractivity contribution in [1.82, 2.24) is 20.1 Å². The van der Waals surface area contributed by atoms with Crippen LogP contribution in [0.4, 0.5) is 11.6 Å². The fourth-order valence-electron chi connectivity index (χ4n) is 4.60. The van der Waals surface area contributed by atoms with Gasteiger partial charge in [0, 0.05) is 50.4 Å². The molecule has 8 heteroatoms. The highest BCUT2D eigenvalue weighted by molar-refractivity contribution is 7.99. The first-order chi connectivity index (χ1) is 16.7. The van der Waals surface area contributed by atoms with E-state index in [4.69, 9.17) is 0 Å². The maximum Gasteiger partial charge on any atom is 0.227 e. The number of pyridine rings is 1. The number of benzene rings is 1. The van der Waals surface area contributed by atoms with Crippen molar-refractivity contribution >= 4 is 29.3 Å². The Hall–Kier alpha value is -3.13. The predicted octanol–water partition coefficient (Wildman–Crippen LogP) is 3.90. The number of aryl methyl sites for hydroxylation is 1. The summed E-state index contributed by atoms with van der Waals surface area (Å²) < 4.78 is 0. The largest absolute Gasteiger partial charge is 0.354 e. The van der Waals surface area contributed by atoms with Crippen LogP contribution in [0.2, 0.25) is 0 Å². The normalized spacial score (nSPS) is 18.7. The Bertz CT molecular complexity index is 1080. The molecular formula is C26H30N6OS. The minimum Gasteiger partial charge on any atom is -0.354 e. The van der Waals surface area contributed by atoms with Gasteiger partial charge in [0.05, 0.1) is 5.92 Å². The van der Waals surface area contributed by atoms with E-state index >= 15 is 0 Å². The number of piperidine rings is 1. The topological polar surface area (TPSA) is 65.5 Å². The van der Waals surface area contributed by atoms with Crippen LogP contribution in [0.3, 0.4) is 0 Å². The van der Waals surface area contributed by atoms with E-state index in [1.165, 1.54) is 5.56 Å². The smallest absolute Gasteiger partial charge is 0.227 e. The molecule has 2 aliphatic rings. The van der Waals surface area contributed by atoms with Crippen LogP contribution in [0.15, 0.2) is 70.7 Å². The lowest BCUT2D eigenvalue weighted by Gasteiger charge is -2.39. The summed E-state index contributed by atoms with van der Waals surface area (Å²) in [5.41, 5.74) is 1.25. The number of nitrogens with zero attached hydrogens (tertiary/aromatic N) is 6. The lowest BCUT2D eigenvalue weighted by Crippen LogP contribution is -2.52. The van der Waals surface area contributed by atoms with E-state index < -0.39 is 0 Å². The molecule has 3 aromatic rings. The summed E-state index contributed by atoms with van der Waals surface area (Å²) in [6, 6.07) is 18.4. The molecule has 0 unspecified atom stereocenters. The summed E-state index contributed by atoms with van der Waals surface area (Å²) >= 11 is 1.61. The zero-order valence-electron chi connectivity index (χ0n) is 19.5. The van der Waals surface area contributed by atoms with E-state index in [9.17, 15) is 4.79 Å². The number of hydrogen-bond donors (Lipinski definition) is 0. The van der Waals surface area contributed by atoms with Crippen LogP contribution in [0, 0.1) is 12.8 Å². The van der Waals surface area contributed by atoms with E-state index in [0.29, 0.717) is 6.54 Å². The first-order valence-electron chi connectivity index (χ1n) is 11.9. The van der Waals surface area contributed by atoms with Crippen LogP contribution in [0.25, 0.3) is 0 Å². The van der Waals surface area contributed by atoms with Crippen LogP contribution < -0.4 is 9.80 Å². The number of carbonyl (C=O) groups is 1. The van der Waals surface area contributed by atoms with Gasteiger partial charge in [-0.25, -0.2) is 4.98 Å². The number of anilines is 2. The lowest BCUT2D eigenvalue weighted by atomic mass is 9.96. The zero-order valence-corrected chi connectivity index (χ0v) is 20.3. The maximum atomic E-state index is 13.3. The summed E-state index contributed by atoms with van der Waals surface area (Å²) in [6.07, 6.45) is 3.75. The number of amides is 1. The van der Waals surface area contributed by atoms with Gasteiger partial charge < -0.3 is 14.7 Å². The van der Waals surface area contributed by atoms with Gasteiger partial charge in [-0.2, -0.15) is 0 Å². The number of hydrogen-bond acceptors (Lipinski definition) is 7. The van der Waals surface area contributed by atoms with E-state index in [-0.39, 0.29) is 11.8 Å². The second-order valence-electron chi connectivity index (χ2n) is 8.93. The molecule has 2 aliphatic heterocycles. The highest BCUT2D eigenvalue weighted by Crippen LogP contribution is 2.28. The molecule has 34 heavy (non-hydrogen) atoms. The Morgan fingerprint density at radius 3 is 2.41 bits per heavy atom. The molecule has 7 nitrogen and oxygen atoms in total. The number of aromatic nitrogens is 3. The highest BCUT2D eigenvalue weighted by Gasteiger charge is 2.31. The monoisotopic (exact) mass is 474 g/mol. The number of carbonyl (C=O) groups excluding carboxylic acids is 1. The number of rotatable bonds is 5. The molecule has 1 aromatic carbocycles. The van der Waals surface area contributed by atoms with Crippen LogP contribution in [-0.2, 0) is 4.79 Å². The Labute approximate surface area is 205 Å². The molecule has 2 fully saturated rings. The fourth-order valence-corrected chi connectivity index (χ4v) is 5.34. The third-order valence-electron chi connectivity index (χ3n) is 6.53. The number of piperazine rings is 1. The molecule has 2 saturated heterocycles. The standard InChI is InChI=1S/C26H30N6OS/c1-20-7-9-22(10-8-20)34-25-12-11-24(28-29-25)32-14-4-5-21(19-32)26(33)31-17-15-30(16-18-31)23-6-2-3-13-27-23/h2-3,6-13,21H,4-5,14-19H2,1H3/t21-/m0/s1. The van der Waals surface area contributed by atoms with Crippen molar-refractivity contribution in [3.8, 4) is 0 Å². The molecule has 5 rings (SSSR count). The first kappa shape index (κ1) is 22.7. The van der Waals surface area contributed by atoms with Gasteiger partial charge >= 0.3 is 0 Å². The SMILES string of the molecule is Cc1ccc(Sc2ccc(N3CCC[C@H](C(=O)N4CCN(c5ccccn5)CC4)C3)nn2)cc1. The van der Waals surface area contributed by atoms with E-state index in [2.05, 4.69) is 56.2 Å². The maximum absolute atomic E-state index is 13.3. The van der Waals surface area contributed by atoms with Gasteiger partial charge in [-0.05, 0) is 56.2 Å². The molecule has 0 spiro atoms. The molecule has 1 atom stereocenters. The van der Waals surface area contributed by atoms with Gasteiger partial charge in [-0.1, -0.05) is 35.5 Å². The van der Waals surface area contributed by atoms with Crippen LogP contribution >= 0.6 is 11.8 Å². The third kappa shape index (κ3) is 5.33. The van der Waals surface area contributed by atoms with Crippen molar-refractivity contribution in [2.45, 2.75) is 29.7 Å². The second kappa shape index (κ2) is 10.4. The summed E-state index contributed by atoms with van der Waals surface area (Å²) in [6.45, 7) is 6.85. The Morgan fingerprint density at radius 2 is 1.71 bits per heavy atom. The van der Waals surface area contributed by atoms with Gasteiger partial charge in [0.2, 0.25) is 5.91 Å². The van der Waals surface area contributed by atoms with Gasteiger partial charge in [-0.3, -0.25) is 4.79 Å². The molecule has 1 amide bonds. The van der Waals surface area contributed by atoms with Crippen LogP contribution in [-0.4, -0.2) is 65.3 Å². The summed E-state index contributed by atoms with van der Waals surface area (Å²) in [7, 11) is 0. The first-order valence-corrected chi connectivity index (χ1v) is 12.8. The minimum absolute atomic E-state index is 0.0126. The molecule has 176 valence electrons. The summed E-state index contributed by atoms with van der Waals surface area (Å²) in [5, 5.41) is 9.79. The third-order valence-corrected chi connectivity index (χ3v) is 7.46. The minimum atomic E-state index is 0.0126.